The second-order valence-electron chi connectivity index (χ2n) is 9.01. The van der Waals surface area contributed by atoms with Gasteiger partial charge in [0.25, 0.3) is 0 Å². The largest absolute Gasteiger partial charge is 0.480 e. The van der Waals surface area contributed by atoms with Gasteiger partial charge < -0.3 is 31.4 Å². The van der Waals surface area contributed by atoms with E-state index in [0.29, 0.717) is 37.3 Å². The molecule has 6 N–H and O–H groups in total. The number of carboxylic acid groups (broad SMARTS) is 1. The van der Waals surface area contributed by atoms with Crippen LogP contribution >= 0.6 is 11.8 Å². The molecule has 1 aromatic carbocycles. The summed E-state index contributed by atoms with van der Waals surface area (Å²) in [7, 11) is 0. The summed E-state index contributed by atoms with van der Waals surface area (Å²) in [6, 6.07) is 5.64. The molecule has 0 spiro atoms. The van der Waals surface area contributed by atoms with Crippen LogP contribution < -0.4 is 16.4 Å². The highest BCUT2D eigenvalue weighted by molar-refractivity contribution is 7.98. The summed E-state index contributed by atoms with van der Waals surface area (Å²) in [5, 5.41) is 14.8. The van der Waals surface area contributed by atoms with Crippen LogP contribution in [0.5, 0.6) is 0 Å². The Kier molecular flexibility index (Phi) is 10.5. The minimum Gasteiger partial charge on any atom is -0.480 e. The third kappa shape index (κ3) is 8.05. The molecule has 2 aromatic rings. The Morgan fingerprint density at radius 2 is 1.95 bits per heavy atom. The molecule has 2 heterocycles. The van der Waals surface area contributed by atoms with Gasteiger partial charge in [-0.2, -0.15) is 11.8 Å². The number of rotatable bonds is 13. The number of hydrogen-bond acceptors (Lipinski definition) is 7. The number of carbonyl (C=O) groups excluding carboxylic acids is 3. The third-order valence-corrected chi connectivity index (χ3v) is 6.94. The monoisotopic (exact) mass is 530 g/mol. The number of thioether (sulfide) groups is 1. The zero-order chi connectivity index (χ0) is 26.8. The third-order valence-electron chi connectivity index (χ3n) is 6.29. The fourth-order valence-corrected chi connectivity index (χ4v) is 4.79. The van der Waals surface area contributed by atoms with E-state index in [1.807, 2.05) is 36.6 Å². The minimum atomic E-state index is -1.12. The number of aliphatic carboxylic acids is 1. The Hall–Kier alpha value is -3.38. The standard InChI is InChI=1S/C25H34N6O5S/c1-37-11-9-19(25(35)36)29-23(33)21-8-5-10-31(21)24(34)20(13-17-14-27-15-28-17)30-22(32)18(26)12-16-6-3-2-4-7-16/h2-4,6-7,14-15,18-21H,5,8-13,26H2,1H3,(H,27,28)(H,29,33)(H,30,32)(H,35,36). The number of benzene rings is 1. The van der Waals surface area contributed by atoms with E-state index in [-0.39, 0.29) is 12.8 Å². The first-order chi connectivity index (χ1) is 17.8. The molecule has 1 aliphatic heterocycles. The van der Waals surface area contributed by atoms with Crippen LogP contribution in [0.25, 0.3) is 0 Å². The molecule has 1 saturated heterocycles. The maximum Gasteiger partial charge on any atom is 0.326 e. The number of imidazole rings is 1. The highest BCUT2D eigenvalue weighted by Crippen LogP contribution is 2.20. The van der Waals surface area contributed by atoms with E-state index in [9.17, 15) is 24.3 Å². The number of hydrogen-bond donors (Lipinski definition) is 5. The smallest absolute Gasteiger partial charge is 0.326 e. The zero-order valence-electron chi connectivity index (χ0n) is 20.8. The van der Waals surface area contributed by atoms with Gasteiger partial charge in [-0.25, -0.2) is 9.78 Å². The van der Waals surface area contributed by atoms with Gasteiger partial charge in [-0.05, 0) is 43.3 Å². The fraction of sp³-hybridized carbons (Fsp3) is 0.480. The molecule has 0 saturated carbocycles. The fourth-order valence-electron chi connectivity index (χ4n) is 4.32. The van der Waals surface area contributed by atoms with E-state index in [2.05, 4.69) is 20.6 Å². The number of carboxylic acids is 1. The Morgan fingerprint density at radius 3 is 2.59 bits per heavy atom. The first kappa shape index (κ1) is 28.2. The van der Waals surface area contributed by atoms with Crippen molar-refractivity contribution in [2.45, 2.75) is 56.3 Å². The summed E-state index contributed by atoms with van der Waals surface area (Å²) in [6.07, 6.45) is 6.62. The minimum absolute atomic E-state index is 0.138. The number of nitrogens with one attached hydrogen (secondary N) is 3. The number of aromatic amines is 1. The number of carbonyl (C=O) groups is 4. The van der Waals surface area contributed by atoms with Gasteiger partial charge in [0.15, 0.2) is 0 Å². The maximum absolute atomic E-state index is 13.6. The van der Waals surface area contributed by atoms with Crippen molar-refractivity contribution in [1.82, 2.24) is 25.5 Å². The second-order valence-corrected chi connectivity index (χ2v) is 9.99. The Balaban J connectivity index is 1.71. The summed E-state index contributed by atoms with van der Waals surface area (Å²) >= 11 is 1.49. The second kappa shape index (κ2) is 13.8. The van der Waals surface area contributed by atoms with Gasteiger partial charge in [-0.3, -0.25) is 14.4 Å². The number of nitrogens with two attached hydrogens (primary N) is 1. The van der Waals surface area contributed by atoms with Crippen LogP contribution in [0.3, 0.4) is 0 Å². The molecule has 12 heteroatoms. The molecule has 0 bridgehead atoms. The number of H-pyrrole nitrogens is 1. The first-order valence-electron chi connectivity index (χ1n) is 12.2. The van der Waals surface area contributed by atoms with Crippen LogP contribution in [0.2, 0.25) is 0 Å². The van der Waals surface area contributed by atoms with Crippen LogP contribution in [0, 0.1) is 0 Å². The molecular formula is C25H34N6O5S. The van der Waals surface area contributed by atoms with Crippen LogP contribution in [-0.4, -0.2) is 86.4 Å². The van der Waals surface area contributed by atoms with Gasteiger partial charge in [-0.15, -0.1) is 0 Å². The van der Waals surface area contributed by atoms with Crippen molar-refractivity contribution < 1.29 is 24.3 Å². The number of amides is 3. The molecule has 0 aliphatic carbocycles. The van der Waals surface area contributed by atoms with E-state index in [0.717, 1.165) is 5.56 Å². The topological polar surface area (TPSA) is 171 Å². The normalized spacial score (nSPS) is 17.6. The summed E-state index contributed by atoms with van der Waals surface area (Å²) < 4.78 is 0. The molecule has 0 radical (unpaired) electrons. The molecule has 200 valence electrons. The van der Waals surface area contributed by atoms with Crippen molar-refractivity contribution >= 4 is 35.5 Å². The molecule has 37 heavy (non-hydrogen) atoms. The summed E-state index contributed by atoms with van der Waals surface area (Å²) in [5.41, 5.74) is 7.68. The molecule has 1 aromatic heterocycles. The predicted molar refractivity (Wildman–Crippen MR) is 140 cm³/mol. The van der Waals surface area contributed by atoms with Gasteiger partial charge in [0.05, 0.1) is 12.4 Å². The average molecular weight is 531 g/mol. The molecule has 1 aliphatic rings. The van der Waals surface area contributed by atoms with E-state index in [4.69, 9.17) is 5.73 Å². The lowest BCUT2D eigenvalue weighted by Gasteiger charge is -2.30. The number of likely N-dealkylation sites (tertiary alicyclic amines) is 1. The number of nitrogens with zero attached hydrogens (tertiary/aromatic N) is 2. The van der Waals surface area contributed by atoms with Crippen LogP contribution in [-0.2, 0) is 32.0 Å². The van der Waals surface area contributed by atoms with Crippen molar-refractivity contribution in [2.75, 3.05) is 18.6 Å². The first-order valence-corrected chi connectivity index (χ1v) is 13.6. The SMILES string of the molecule is CSCCC(NC(=O)C1CCCN1C(=O)C(Cc1cnc[nH]1)NC(=O)C(N)Cc1ccccc1)C(=O)O. The van der Waals surface area contributed by atoms with Crippen molar-refractivity contribution in [3.8, 4) is 0 Å². The van der Waals surface area contributed by atoms with Crippen LogP contribution in [0.15, 0.2) is 42.9 Å². The van der Waals surface area contributed by atoms with E-state index in [1.165, 1.54) is 23.0 Å². The maximum atomic E-state index is 13.6. The van der Waals surface area contributed by atoms with E-state index < -0.39 is 47.9 Å². The molecule has 3 rings (SSSR count). The van der Waals surface area contributed by atoms with Crippen molar-refractivity contribution in [3.05, 3.63) is 54.1 Å². The zero-order valence-corrected chi connectivity index (χ0v) is 21.6. The lowest BCUT2D eigenvalue weighted by atomic mass is 10.0. The molecule has 11 nitrogen and oxygen atoms in total. The highest BCUT2D eigenvalue weighted by atomic mass is 32.2. The summed E-state index contributed by atoms with van der Waals surface area (Å²) in [4.78, 5) is 59.5. The quantitative estimate of drug-likeness (QED) is 0.246. The Labute approximate surface area is 220 Å². The van der Waals surface area contributed by atoms with Crippen LogP contribution in [0.4, 0.5) is 0 Å². The summed E-state index contributed by atoms with van der Waals surface area (Å²) in [5.74, 6) is -1.96. The van der Waals surface area contributed by atoms with Gasteiger partial charge in [0.1, 0.15) is 18.1 Å². The molecular weight excluding hydrogens is 496 g/mol. The molecule has 4 unspecified atom stereocenters. The highest BCUT2D eigenvalue weighted by Gasteiger charge is 2.39. The van der Waals surface area contributed by atoms with E-state index >= 15 is 0 Å². The van der Waals surface area contributed by atoms with E-state index in [1.54, 1.807) is 6.20 Å². The van der Waals surface area contributed by atoms with Crippen molar-refractivity contribution in [2.24, 2.45) is 5.73 Å². The lowest BCUT2D eigenvalue weighted by molar-refractivity contribution is -0.145. The van der Waals surface area contributed by atoms with Crippen molar-refractivity contribution in [1.29, 1.82) is 0 Å². The lowest BCUT2D eigenvalue weighted by Crippen LogP contribution is -2.57. The molecule has 4 atom stereocenters. The van der Waals surface area contributed by atoms with Crippen molar-refractivity contribution in [3.63, 3.8) is 0 Å². The summed E-state index contributed by atoms with van der Waals surface area (Å²) in [6.45, 7) is 0.324. The number of aromatic nitrogens is 2. The molecule has 3 amide bonds. The van der Waals surface area contributed by atoms with Gasteiger partial charge >= 0.3 is 5.97 Å². The van der Waals surface area contributed by atoms with Crippen LogP contribution in [0.1, 0.15) is 30.5 Å². The molecule has 1 fully saturated rings. The predicted octanol–water partition coefficient (Wildman–Crippen LogP) is 0.321. The average Bonchev–Trinajstić information content (AvgIpc) is 3.58. The van der Waals surface area contributed by atoms with Gasteiger partial charge in [0.2, 0.25) is 17.7 Å². The Bertz CT molecular complexity index is 1050. The van der Waals surface area contributed by atoms with Gasteiger partial charge in [0, 0.05) is 24.9 Å². The Morgan fingerprint density at radius 1 is 1.19 bits per heavy atom. The van der Waals surface area contributed by atoms with Gasteiger partial charge in [-0.1, -0.05) is 30.3 Å².